The molecule has 1 aliphatic carbocycles. The van der Waals surface area contributed by atoms with Crippen LogP contribution in [0.4, 0.5) is 0 Å². The number of carbonyl (C=O) groups excluding carboxylic acids is 1. The maximum absolute atomic E-state index is 12.9. The number of benzene rings is 1. The molecule has 0 spiro atoms. The number of hydrogen-bond donors (Lipinski definition) is 0. The van der Waals surface area contributed by atoms with Crippen LogP contribution < -0.4 is 0 Å². The molecule has 1 aromatic carbocycles. The number of imidazole rings is 1. The molecule has 4 rings (SSSR count). The standard InChI is InChI=1S/C23H27N3OS/c1-25(20-8-4-2-3-5-9-20)23(27)18-11-13-21(14-12-18)28-17-19-16-26-15-7-6-10-22(26)24-19/h6-7,10-16,20H,2-5,8-9,17H2,1H3. The second kappa shape index (κ2) is 8.82. The Balaban J connectivity index is 1.36. The summed E-state index contributed by atoms with van der Waals surface area (Å²) in [6, 6.07) is 14.4. The molecule has 4 nitrogen and oxygen atoms in total. The van der Waals surface area contributed by atoms with E-state index < -0.39 is 0 Å². The molecule has 1 fully saturated rings. The normalized spacial score (nSPS) is 15.5. The molecular formula is C23H27N3OS. The maximum Gasteiger partial charge on any atom is 0.253 e. The average molecular weight is 394 g/mol. The van der Waals surface area contributed by atoms with Crippen molar-refractivity contribution in [2.45, 2.75) is 55.2 Å². The molecule has 5 heteroatoms. The van der Waals surface area contributed by atoms with Gasteiger partial charge in [-0.3, -0.25) is 4.79 Å². The lowest BCUT2D eigenvalue weighted by molar-refractivity contribution is 0.0717. The van der Waals surface area contributed by atoms with E-state index in [1.807, 2.05) is 52.9 Å². The summed E-state index contributed by atoms with van der Waals surface area (Å²) in [4.78, 5) is 20.6. The first kappa shape index (κ1) is 19.1. The van der Waals surface area contributed by atoms with Crippen molar-refractivity contribution < 1.29 is 4.79 Å². The van der Waals surface area contributed by atoms with E-state index in [1.54, 1.807) is 11.8 Å². The summed E-state index contributed by atoms with van der Waals surface area (Å²) in [5.41, 5.74) is 2.81. The van der Waals surface area contributed by atoms with Crippen LogP contribution in [-0.4, -0.2) is 33.3 Å². The number of amides is 1. The summed E-state index contributed by atoms with van der Waals surface area (Å²) in [7, 11) is 1.96. The third-order valence-corrected chi connectivity index (χ3v) is 6.64. The van der Waals surface area contributed by atoms with Gasteiger partial charge in [0.05, 0.1) is 5.69 Å². The highest BCUT2D eigenvalue weighted by Crippen LogP contribution is 2.25. The summed E-state index contributed by atoms with van der Waals surface area (Å²) in [6.45, 7) is 0. The summed E-state index contributed by atoms with van der Waals surface area (Å²) < 4.78 is 2.04. The van der Waals surface area contributed by atoms with Gasteiger partial charge in [0.2, 0.25) is 0 Å². The smallest absolute Gasteiger partial charge is 0.253 e. The van der Waals surface area contributed by atoms with Crippen LogP contribution in [0.15, 0.2) is 59.8 Å². The first-order valence-electron chi connectivity index (χ1n) is 10.1. The van der Waals surface area contributed by atoms with Crippen molar-refractivity contribution in [1.29, 1.82) is 0 Å². The van der Waals surface area contributed by atoms with Crippen LogP contribution in [0.2, 0.25) is 0 Å². The molecule has 0 aliphatic heterocycles. The molecule has 0 bridgehead atoms. The Morgan fingerprint density at radius 3 is 2.57 bits per heavy atom. The topological polar surface area (TPSA) is 37.6 Å². The van der Waals surface area contributed by atoms with Gasteiger partial charge >= 0.3 is 0 Å². The number of nitrogens with zero attached hydrogens (tertiary/aromatic N) is 3. The predicted octanol–water partition coefficient (Wildman–Crippen LogP) is 5.42. The molecule has 146 valence electrons. The molecule has 1 amide bonds. The van der Waals surface area contributed by atoms with E-state index in [1.165, 1.54) is 25.7 Å². The van der Waals surface area contributed by atoms with Crippen molar-refractivity contribution in [2.24, 2.45) is 0 Å². The maximum atomic E-state index is 12.9. The molecule has 2 heterocycles. The van der Waals surface area contributed by atoms with Crippen molar-refractivity contribution in [3.05, 3.63) is 66.1 Å². The van der Waals surface area contributed by atoms with Gasteiger partial charge in [0, 0.05) is 41.7 Å². The van der Waals surface area contributed by atoms with Gasteiger partial charge in [-0.15, -0.1) is 11.8 Å². The van der Waals surface area contributed by atoms with Crippen LogP contribution in [0.5, 0.6) is 0 Å². The van der Waals surface area contributed by atoms with E-state index in [2.05, 4.69) is 23.3 Å². The minimum absolute atomic E-state index is 0.142. The van der Waals surface area contributed by atoms with Gasteiger partial charge in [0.1, 0.15) is 5.65 Å². The van der Waals surface area contributed by atoms with Gasteiger partial charge in [-0.25, -0.2) is 4.98 Å². The molecule has 0 radical (unpaired) electrons. The summed E-state index contributed by atoms with van der Waals surface area (Å²) in [6.07, 6.45) is 11.4. The zero-order valence-corrected chi connectivity index (χ0v) is 17.2. The average Bonchev–Trinajstić information content (AvgIpc) is 2.95. The Morgan fingerprint density at radius 1 is 1.11 bits per heavy atom. The fourth-order valence-electron chi connectivity index (χ4n) is 3.92. The van der Waals surface area contributed by atoms with E-state index in [9.17, 15) is 4.79 Å². The molecule has 2 aromatic heterocycles. The van der Waals surface area contributed by atoms with Gasteiger partial charge in [0.25, 0.3) is 5.91 Å². The fraction of sp³-hybridized carbons (Fsp3) is 0.391. The lowest BCUT2D eigenvalue weighted by Crippen LogP contribution is -2.36. The highest BCUT2D eigenvalue weighted by molar-refractivity contribution is 7.98. The van der Waals surface area contributed by atoms with E-state index in [4.69, 9.17) is 0 Å². The number of fused-ring (bicyclic) bond motifs is 1. The Kier molecular flexibility index (Phi) is 6.01. The van der Waals surface area contributed by atoms with Crippen molar-refractivity contribution in [2.75, 3.05) is 7.05 Å². The van der Waals surface area contributed by atoms with Gasteiger partial charge in [-0.05, 0) is 49.2 Å². The van der Waals surface area contributed by atoms with E-state index in [0.717, 1.165) is 40.4 Å². The highest BCUT2D eigenvalue weighted by Gasteiger charge is 2.22. The number of aromatic nitrogens is 2. The minimum Gasteiger partial charge on any atom is -0.339 e. The third kappa shape index (κ3) is 4.41. The van der Waals surface area contributed by atoms with Gasteiger partial charge < -0.3 is 9.30 Å². The van der Waals surface area contributed by atoms with E-state index >= 15 is 0 Å². The summed E-state index contributed by atoms with van der Waals surface area (Å²) in [5.74, 6) is 0.959. The SMILES string of the molecule is CN(C(=O)c1ccc(SCc2cn3ccccc3n2)cc1)C1CCCCCC1. The Hall–Kier alpha value is -2.27. The molecule has 1 saturated carbocycles. The number of rotatable bonds is 5. The van der Waals surface area contributed by atoms with Crippen molar-refractivity contribution >= 4 is 23.3 Å². The van der Waals surface area contributed by atoms with Crippen molar-refractivity contribution in [1.82, 2.24) is 14.3 Å². The molecular weight excluding hydrogens is 366 g/mol. The predicted molar refractivity (Wildman–Crippen MR) is 115 cm³/mol. The monoisotopic (exact) mass is 393 g/mol. The molecule has 0 atom stereocenters. The molecule has 0 saturated heterocycles. The minimum atomic E-state index is 0.142. The van der Waals surface area contributed by atoms with Crippen LogP contribution in [0, 0.1) is 0 Å². The Labute approximate surface area is 171 Å². The fourth-order valence-corrected chi connectivity index (χ4v) is 4.70. The lowest BCUT2D eigenvalue weighted by Gasteiger charge is -2.27. The second-order valence-corrected chi connectivity index (χ2v) is 8.62. The first-order chi connectivity index (χ1) is 13.7. The largest absolute Gasteiger partial charge is 0.339 e. The van der Waals surface area contributed by atoms with Crippen LogP contribution in [0.25, 0.3) is 5.65 Å². The van der Waals surface area contributed by atoms with Crippen molar-refractivity contribution in [3.8, 4) is 0 Å². The molecule has 0 unspecified atom stereocenters. The van der Waals surface area contributed by atoms with Crippen LogP contribution >= 0.6 is 11.8 Å². The Bertz CT molecular complexity index is 893. The van der Waals surface area contributed by atoms with E-state index in [0.29, 0.717) is 6.04 Å². The molecule has 3 aromatic rings. The number of carbonyl (C=O) groups is 1. The molecule has 28 heavy (non-hydrogen) atoms. The van der Waals surface area contributed by atoms with Gasteiger partial charge in [-0.2, -0.15) is 0 Å². The van der Waals surface area contributed by atoms with Crippen LogP contribution in [0.1, 0.15) is 54.6 Å². The van der Waals surface area contributed by atoms with Gasteiger partial charge in [0.15, 0.2) is 0 Å². The number of hydrogen-bond acceptors (Lipinski definition) is 3. The second-order valence-electron chi connectivity index (χ2n) is 7.57. The summed E-state index contributed by atoms with van der Waals surface area (Å²) in [5, 5.41) is 0. The number of thioether (sulfide) groups is 1. The Morgan fingerprint density at radius 2 is 1.86 bits per heavy atom. The number of pyridine rings is 1. The lowest BCUT2D eigenvalue weighted by atomic mass is 10.1. The molecule has 1 aliphatic rings. The van der Waals surface area contributed by atoms with Gasteiger partial charge in [-0.1, -0.05) is 31.7 Å². The first-order valence-corrected chi connectivity index (χ1v) is 11.1. The zero-order valence-electron chi connectivity index (χ0n) is 16.4. The zero-order chi connectivity index (χ0) is 19.3. The molecule has 0 N–H and O–H groups in total. The van der Waals surface area contributed by atoms with Crippen LogP contribution in [0.3, 0.4) is 0 Å². The third-order valence-electron chi connectivity index (χ3n) is 5.59. The van der Waals surface area contributed by atoms with Crippen LogP contribution in [-0.2, 0) is 5.75 Å². The quantitative estimate of drug-likeness (QED) is 0.429. The highest BCUT2D eigenvalue weighted by atomic mass is 32.2. The van der Waals surface area contributed by atoms with E-state index in [-0.39, 0.29) is 5.91 Å². The summed E-state index contributed by atoms with van der Waals surface area (Å²) >= 11 is 1.75. The van der Waals surface area contributed by atoms with Crippen molar-refractivity contribution in [3.63, 3.8) is 0 Å².